The summed E-state index contributed by atoms with van der Waals surface area (Å²) in [5.74, 6) is 1.57. The summed E-state index contributed by atoms with van der Waals surface area (Å²) in [4.78, 5) is 10.5. The van der Waals surface area contributed by atoms with Crippen LogP contribution in [0.5, 0.6) is 11.5 Å². The van der Waals surface area contributed by atoms with Crippen molar-refractivity contribution in [1.29, 1.82) is 0 Å². The number of nitrogens with zero attached hydrogens (tertiary/aromatic N) is 3. The quantitative estimate of drug-likeness (QED) is 0.744. The Bertz CT molecular complexity index is 861. The van der Waals surface area contributed by atoms with Crippen LogP contribution in [0.1, 0.15) is 16.8 Å². The molecule has 134 valence electrons. The Balaban J connectivity index is 1.83. The molecule has 0 atom stereocenters. The fourth-order valence-electron chi connectivity index (χ4n) is 2.98. The summed E-state index contributed by atoms with van der Waals surface area (Å²) in [6.45, 7) is 2.09. The average molecular weight is 363 g/mol. The first-order valence-corrected chi connectivity index (χ1v) is 9.78. The Morgan fingerprint density at radius 1 is 1.20 bits per heavy atom. The minimum atomic E-state index is -3.39. The van der Waals surface area contributed by atoms with E-state index in [-0.39, 0.29) is 5.16 Å². The SMILES string of the molecule is COc1cccc(OC)c1CN1CCc2nc(S(C)(=O)=O)ncc2C1. The summed E-state index contributed by atoms with van der Waals surface area (Å²) in [5.41, 5.74) is 2.75. The summed E-state index contributed by atoms with van der Waals surface area (Å²) in [6.07, 6.45) is 3.42. The van der Waals surface area contributed by atoms with E-state index in [1.54, 1.807) is 20.4 Å². The van der Waals surface area contributed by atoms with Crippen molar-refractivity contribution in [3.05, 3.63) is 41.2 Å². The third kappa shape index (κ3) is 3.74. The summed E-state index contributed by atoms with van der Waals surface area (Å²) < 4.78 is 34.1. The van der Waals surface area contributed by atoms with Crippen molar-refractivity contribution in [1.82, 2.24) is 14.9 Å². The molecule has 2 aromatic rings. The van der Waals surface area contributed by atoms with Crippen molar-refractivity contribution in [3.63, 3.8) is 0 Å². The Kier molecular flexibility index (Phi) is 4.91. The van der Waals surface area contributed by atoms with Crippen LogP contribution < -0.4 is 9.47 Å². The highest BCUT2D eigenvalue weighted by molar-refractivity contribution is 7.90. The van der Waals surface area contributed by atoms with E-state index in [0.717, 1.165) is 41.1 Å². The molecule has 0 fully saturated rings. The lowest BCUT2D eigenvalue weighted by Crippen LogP contribution is -2.31. The molecule has 1 aliphatic heterocycles. The number of ether oxygens (including phenoxy) is 2. The van der Waals surface area contributed by atoms with Gasteiger partial charge in [-0.2, -0.15) is 0 Å². The molecule has 0 saturated carbocycles. The molecule has 0 saturated heterocycles. The Labute approximate surface area is 147 Å². The molecular weight excluding hydrogens is 342 g/mol. The lowest BCUT2D eigenvalue weighted by molar-refractivity contribution is 0.234. The van der Waals surface area contributed by atoms with Crippen LogP contribution in [0, 0.1) is 0 Å². The molecule has 0 bridgehead atoms. The Morgan fingerprint density at radius 3 is 2.48 bits per heavy atom. The first kappa shape index (κ1) is 17.6. The van der Waals surface area contributed by atoms with Crippen LogP contribution in [-0.4, -0.2) is 50.3 Å². The predicted molar refractivity (Wildman–Crippen MR) is 92.5 cm³/mol. The average Bonchev–Trinajstić information content (AvgIpc) is 2.60. The van der Waals surface area contributed by atoms with Gasteiger partial charge < -0.3 is 9.47 Å². The second-order valence-electron chi connectivity index (χ2n) is 6.00. The minimum absolute atomic E-state index is 0.105. The molecule has 8 heteroatoms. The second-order valence-corrected chi connectivity index (χ2v) is 7.91. The van der Waals surface area contributed by atoms with E-state index < -0.39 is 9.84 Å². The van der Waals surface area contributed by atoms with E-state index in [1.165, 1.54) is 0 Å². The molecule has 0 amide bonds. The molecule has 2 heterocycles. The molecule has 0 unspecified atom stereocenters. The number of sulfone groups is 1. The van der Waals surface area contributed by atoms with Crippen molar-refractivity contribution in [3.8, 4) is 11.5 Å². The Hall–Kier alpha value is -2.19. The topological polar surface area (TPSA) is 81.6 Å². The van der Waals surface area contributed by atoms with E-state index in [9.17, 15) is 8.42 Å². The molecule has 25 heavy (non-hydrogen) atoms. The number of hydrogen-bond donors (Lipinski definition) is 0. The van der Waals surface area contributed by atoms with Crippen molar-refractivity contribution in [2.45, 2.75) is 24.7 Å². The van der Waals surface area contributed by atoms with Crippen LogP contribution in [0.25, 0.3) is 0 Å². The molecule has 0 aliphatic carbocycles. The summed E-state index contributed by atoms with van der Waals surface area (Å²) in [5, 5.41) is -0.105. The third-order valence-corrected chi connectivity index (χ3v) is 5.09. The van der Waals surface area contributed by atoms with Gasteiger partial charge in [0.25, 0.3) is 0 Å². The van der Waals surface area contributed by atoms with E-state index >= 15 is 0 Å². The van der Waals surface area contributed by atoms with Crippen LogP contribution in [0.15, 0.2) is 29.6 Å². The van der Waals surface area contributed by atoms with Gasteiger partial charge in [0, 0.05) is 44.1 Å². The highest BCUT2D eigenvalue weighted by atomic mass is 32.2. The van der Waals surface area contributed by atoms with Gasteiger partial charge >= 0.3 is 0 Å². The zero-order chi connectivity index (χ0) is 18.0. The number of benzene rings is 1. The van der Waals surface area contributed by atoms with Gasteiger partial charge in [0.2, 0.25) is 15.0 Å². The molecule has 1 aromatic carbocycles. The highest BCUT2D eigenvalue weighted by Gasteiger charge is 2.23. The van der Waals surface area contributed by atoms with Crippen molar-refractivity contribution in [2.24, 2.45) is 0 Å². The summed E-state index contributed by atoms with van der Waals surface area (Å²) in [6, 6.07) is 5.72. The van der Waals surface area contributed by atoms with Crippen molar-refractivity contribution < 1.29 is 17.9 Å². The molecule has 0 spiro atoms. The predicted octanol–water partition coefficient (Wildman–Crippen LogP) is 1.46. The van der Waals surface area contributed by atoms with E-state index in [4.69, 9.17) is 9.47 Å². The monoisotopic (exact) mass is 363 g/mol. The number of hydrogen-bond acceptors (Lipinski definition) is 7. The second kappa shape index (κ2) is 6.97. The maximum absolute atomic E-state index is 11.6. The largest absolute Gasteiger partial charge is 0.496 e. The van der Waals surface area contributed by atoms with E-state index in [2.05, 4.69) is 14.9 Å². The zero-order valence-corrected chi connectivity index (χ0v) is 15.3. The normalized spacial score (nSPS) is 14.8. The molecular formula is C17H21N3O4S. The summed E-state index contributed by atoms with van der Waals surface area (Å²) >= 11 is 0. The van der Waals surface area contributed by atoms with Gasteiger partial charge in [-0.1, -0.05) is 6.07 Å². The van der Waals surface area contributed by atoms with Crippen LogP contribution in [0.4, 0.5) is 0 Å². The maximum Gasteiger partial charge on any atom is 0.246 e. The van der Waals surface area contributed by atoms with Crippen LogP contribution in [0.2, 0.25) is 0 Å². The van der Waals surface area contributed by atoms with Gasteiger partial charge in [-0.15, -0.1) is 0 Å². The van der Waals surface area contributed by atoms with Crippen LogP contribution in [0.3, 0.4) is 0 Å². The first-order valence-electron chi connectivity index (χ1n) is 7.89. The van der Waals surface area contributed by atoms with Gasteiger partial charge in [-0.3, -0.25) is 4.90 Å². The first-order chi connectivity index (χ1) is 11.9. The minimum Gasteiger partial charge on any atom is -0.496 e. The molecule has 0 N–H and O–H groups in total. The molecule has 1 aromatic heterocycles. The maximum atomic E-state index is 11.6. The van der Waals surface area contributed by atoms with Crippen molar-refractivity contribution in [2.75, 3.05) is 27.0 Å². The number of rotatable bonds is 5. The lowest BCUT2D eigenvalue weighted by Gasteiger charge is -2.29. The van der Waals surface area contributed by atoms with Gasteiger partial charge in [0.05, 0.1) is 25.5 Å². The molecule has 0 radical (unpaired) electrons. The standard InChI is InChI=1S/C17H21N3O4S/c1-23-15-5-4-6-16(24-2)13(15)11-20-8-7-14-12(10-20)9-18-17(19-14)25(3,21)22/h4-6,9H,7-8,10-11H2,1-3H3. The zero-order valence-electron chi connectivity index (χ0n) is 14.5. The van der Waals surface area contributed by atoms with Crippen molar-refractivity contribution >= 4 is 9.84 Å². The fourth-order valence-corrected chi connectivity index (χ4v) is 3.50. The number of aromatic nitrogens is 2. The van der Waals surface area contributed by atoms with Crippen LogP contribution in [-0.2, 0) is 29.3 Å². The number of methoxy groups -OCH3 is 2. The third-order valence-electron chi connectivity index (χ3n) is 4.23. The number of fused-ring (bicyclic) bond motifs is 1. The summed E-state index contributed by atoms with van der Waals surface area (Å²) in [7, 11) is -0.0989. The molecule has 3 rings (SSSR count). The van der Waals surface area contributed by atoms with Gasteiger partial charge in [0.1, 0.15) is 11.5 Å². The van der Waals surface area contributed by atoms with Crippen LogP contribution >= 0.6 is 0 Å². The fraction of sp³-hybridized carbons (Fsp3) is 0.412. The van der Waals surface area contributed by atoms with E-state index in [1.807, 2.05) is 18.2 Å². The van der Waals surface area contributed by atoms with Gasteiger partial charge in [0.15, 0.2) is 0 Å². The highest BCUT2D eigenvalue weighted by Crippen LogP contribution is 2.31. The molecule has 7 nitrogen and oxygen atoms in total. The lowest BCUT2D eigenvalue weighted by atomic mass is 10.1. The van der Waals surface area contributed by atoms with Gasteiger partial charge in [-0.25, -0.2) is 18.4 Å². The molecule has 1 aliphatic rings. The van der Waals surface area contributed by atoms with Gasteiger partial charge in [-0.05, 0) is 12.1 Å². The smallest absolute Gasteiger partial charge is 0.246 e. The van der Waals surface area contributed by atoms with E-state index in [0.29, 0.717) is 19.5 Å². The Morgan fingerprint density at radius 2 is 1.88 bits per heavy atom.